The minimum atomic E-state index is -0.0271. The standard InChI is InChI=1S/C11H16N2O2/c1-3-10-8(6-15-11(10)14)4-9-5-12-7-13(9)2/h5,7-8,10H,3-4,6H2,1-2H3/p+1/t8-,10+/m1/s1. The maximum Gasteiger partial charge on any atom is 0.309 e. The van der Waals surface area contributed by atoms with E-state index in [-0.39, 0.29) is 11.9 Å². The molecular weight excluding hydrogens is 192 g/mol. The number of rotatable bonds is 3. The molecule has 82 valence electrons. The smallest absolute Gasteiger partial charge is 0.309 e. The average Bonchev–Trinajstić information content (AvgIpc) is 2.76. The second kappa shape index (κ2) is 4.04. The third-order valence-corrected chi connectivity index (χ3v) is 3.19. The summed E-state index contributed by atoms with van der Waals surface area (Å²) in [5.74, 6) is 0.394. The zero-order valence-corrected chi connectivity index (χ0v) is 9.19. The number of aromatic nitrogens is 2. The van der Waals surface area contributed by atoms with Crippen molar-refractivity contribution in [3.63, 3.8) is 0 Å². The highest BCUT2D eigenvalue weighted by molar-refractivity contribution is 5.74. The van der Waals surface area contributed by atoms with Gasteiger partial charge in [0.25, 0.3) is 0 Å². The monoisotopic (exact) mass is 209 g/mol. The van der Waals surface area contributed by atoms with Gasteiger partial charge in [-0.05, 0) is 6.42 Å². The fraction of sp³-hybridized carbons (Fsp3) is 0.636. The normalized spacial score (nSPS) is 25.6. The molecule has 2 heterocycles. The molecule has 0 unspecified atom stereocenters. The van der Waals surface area contributed by atoms with Gasteiger partial charge in [-0.25, -0.2) is 9.55 Å². The van der Waals surface area contributed by atoms with Crippen molar-refractivity contribution in [3.05, 3.63) is 18.2 Å². The number of cyclic esters (lactones) is 1. The Bertz CT molecular complexity index is 359. The molecule has 4 heteroatoms. The van der Waals surface area contributed by atoms with Crippen LogP contribution in [0.25, 0.3) is 0 Å². The number of ether oxygens (including phenoxy) is 1. The molecule has 0 bridgehead atoms. The van der Waals surface area contributed by atoms with Gasteiger partial charge in [0.2, 0.25) is 6.33 Å². The first-order chi connectivity index (χ1) is 7.22. The molecule has 1 aromatic heterocycles. The zero-order valence-electron chi connectivity index (χ0n) is 9.19. The van der Waals surface area contributed by atoms with Gasteiger partial charge in [-0.15, -0.1) is 0 Å². The third-order valence-electron chi connectivity index (χ3n) is 3.19. The molecule has 4 nitrogen and oxygen atoms in total. The number of nitrogens with one attached hydrogen (secondary N) is 1. The summed E-state index contributed by atoms with van der Waals surface area (Å²) in [6, 6.07) is 0. The van der Waals surface area contributed by atoms with Crippen molar-refractivity contribution in [3.8, 4) is 0 Å². The summed E-state index contributed by atoms with van der Waals surface area (Å²) in [4.78, 5) is 14.4. The Kier molecular flexibility index (Phi) is 2.75. The van der Waals surface area contributed by atoms with Crippen LogP contribution in [-0.4, -0.2) is 17.6 Å². The molecule has 1 fully saturated rings. The second-order valence-corrected chi connectivity index (χ2v) is 4.15. The molecule has 1 aliphatic heterocycles. The van der Waals surface area contributed by atoms with E-state index in [4.69, 9.17) is 4.74 Å². The summed E-state index contributed by atoms with van der Waals surface area (Å²) in [7, 11) is 2.00. The number of aryl methyl sites for hydroxylation is 1. The maximum atomic E-state index is 11.4. The lowest BCUT2D eigenvalue weighted by Gasteiger charge is -2.10. The van der Waals surface area contributed by atoms with E-state index >= 15 is 0 Å². The average molecular weight is 209 g/mol. The van der Waals surface area contributed by atoms with Gasteiger partial charge >= 0.3 is 5.97 Å². The van der Waals surface area contributed by atoms with E-state index < -0.39 is 0 Å². The van der Waals surface area contributed by atoms with Gasteiger partial charge in [0.05, 0.1) is 19.6 Å². The van der Waals surface area contributed by atoms with Crippen molar-refractivity contribution >= 4 is 5.97 Å². The first-order valence-corrected chi connectivity index (χ1v) is 5.40. The van der Waals surface area contributed by atoms with Crippen molar-refractivity contribution < 1.29 is 14.1 Å². The molecule has 15 heavy (non-hydrogen) atoms. The van der Waals surface area contributed by atoms with Crippen LogP contribution in [0.15, 0.2) is 12.5 Å². The molecule has 0 aliphatic carbocycles. The number of nitrogens with zero attached hydrogens (tertiary/aromatic N) is 1. The number of hydrogen-bond acceptors (Lipinski definition) is 2. The molecule has 0 radical (unpaired) electrons. The van der Waals surface area contributed by atoms with Crippen LogP contribution in [0, 0.1) is 11.8 Å². The van der Waals surface area contributed by atoms with E-state index in [0.717, 1.165) is 12.8 Å². The largest absolute Gasteiger partial charge is 0.465 e. The van der Waals surface area contributed by atoms with Crippen LogP contribution in [0.1, 0.15) is 19.0 Å². The molecule has 1 N–H and O–H groups in total. The Hall–Kier alpha value is -1.32. The van der Waals surface area contributed by atoms with Gasteiger partial charge in [0.15, 0.2) is 0 Å². The number of esters is 1. The van der Waals surface area contributed by atoms with Gasteiger partial charge < -0.3 is 4.74 Å². The van der Waals surface area contributed by atoms with Crippen LogP contribution < -0.4 is 4.57 Å². The van der Waals surface area contributed by atoms with Crippen LogP contribution in [0.3, 0.4) is 0 Å². The highest BCUT2D eigenvalue weighted by atomic mass is 16.5. The number of carbonyl (C=O) groups excluding carboxylic acids is 1. The second-order valence-electron chi connectivity index (χ2n) is 4.15. The molecule has 1 aromatic rings. The zero-order chi connectivity index (χ0) is 10.8. The number of hydrogen-bond donors (Lipinski definition) is 1. The van der Waals surface area contributed by atoms with E-state index in [1.54, 1.807) is 0 Å². The minimum absolute atomic E-state index is 0.0271. The van der Waals surface area contributed by atoms with E-state index in [2.05, 4.69) is 9.55 Å². The van der Waals surface area contributed by atoms with Crippen molar-refractivity contribution in [1.82, 2.24) is 4.98 Å². The lowest BCUT2D eigenvalue weighted by atomic mass is 9.89. The summed E-state index contributed by atoms with van der Waals surface area (Å²) >= 11 is 0. The Morgan fingerprint density at radius 1 is 1.67 bits per heavy atom. The molecule has 2 rings (SSSR count). The Morgan fingerprint density at radius 2 is 2.47 bits per heavy atom. The Labute approximate surface area is 89.3 Å². The third kappa shape index (κ3) is 1.89. The SMILES string of the molecule is CC[C@@H]1C(=O)OC[C@H]1Cc1c[nH]c[n+]1C. The first-order valence-electron chi connectivity index (χ1n) is 5.40. The molecule has 1 saturated heterocycles. The molecule has 0 saturated carbocycles. The van der Waals surface area contributed by atoms with Gasteiger partial charge in [0.1, 0.15) is 11.9 Å². The lowest BCUT2D eigenvalue weighted by molar-refractivity contribution is -0.677. The first kappa shape index (κ1) is 10.2. The summed E-state index contributed by atoms with van der Waals surface area (Å²) in [6.07, 6.45) is 5.67. The number of imidazole rings is 1. The van der Waals surface area contributed by atoms with Crippen molar-refractivity contribution in [2.75, 3.05) is 6.61 Å². The Balaban J connectivity index is 2.06. The van der Waals surface area contributed by atoms with E-state index in [1.165, 1.54) is 5.69 Å². The minimum Gasteiger partial charge on any atom is -0.465 e. The molecule has 0 aromatic carbocycles. The van der Waals surface area contributed by atoms with Gasteiger partial charge in [-0.3, -0.25) is 4.79 Å². The fourth-order valence-corrected chi connectivity index (χ4v) is 2.21. The number of H-pyrrole nitrogens is 1. The van der Waals surface area contributed by atoms with Crippen molar-refractivity contribution in [1.29, 1.82) is 0 Å². The lowest BCUT2D eigenvalue weighted by Crippen LogP contribution is -2.32. The fourth-order valence-electron chi connectivity index (χ4n) is 2.21. The van der Waals surface area contributed by atoms with Crippen LogP contribution in [-0.2, 0) is 23.0 Å². The van der Waals surface area contributed by atoms with Gasteiger partial charge in [-0.2, -0.15) is 0 Å². The predicted molar refractivity (Wildman–Crippen MR) is 53.9 cm³/mol. The molecule has 0 spiro atoms. The van der Waals surface area contributed by atoms with Crippen LogP contribution >= 0.6 is 0 Å². The summed E-state index contributed by atoms with van der Waals surface area (Å²) < 4.78 is 7.15. The Morgan fingerprint density at radius 3 is 3.07 bits per heavy atom. The maximum absolute atomic E-state index is 11.4. The highest BCUT2D eigenvalue weighted by Crippen LogP contribution is 2.27. The molecular formula is C11H17N2O2+. The highest BCUT2D eigenvalue weighted by Gasteiger charge is 2.36. The number of aromatic amines is 1. The van der Waals surface area contributed by atoms with Crippen molar-refractivity contribution in [2.24, 2.45) is 18.9 Å². The quantitative estimate of drug-likeness (QED) is 0.584. The van der Waals surface area contributed by atoms with Gasteiger partial charge in [-0.1, -0.05) is 6.92 Å². The van der Waals surface area contributed by atoms with Gasteiger partial charge in [0, 0.05) is 12.3 Å². The summed E-state index contributed by atoms with van der Waals surface area (Å²) in [5, 5.41) is 0. The predicted octanol–water partition coefficient (Wildman–Crippen LogP) is 0.581. The topological polar surface area (TPSA) is 46.0 Å². The van der Waals surface area contributed by atoms with E-state index in [1.807, 2.05) is 26.5 Å². The molecule has 2 atom stereocenters. The van der Waals surface area contributed by atoms with E-state index in [9.17, 15) is 4.79 Å². The van der Waals surface area contributed by atoms with Crippen LogP contribution in [0.5, 0.6) is 0 Å². The summed E-state index contributed by atoms with van der Waals surface area (Å²) in [6.45, 7) is 2.61. The summed E-state index contributed by atoms with van der Waals surface area (Å²) in [5.41, 5.74) is 1.22. The molecule has 0 amide bonds. The van der Waals surface area contributed by atoms with E-state index in [0.29, 0.717) is 12.5 Å². The molecule has 1 aliphatic rings. The number of carbonyl (C=O) groups is 1. The van der Waals surface area contributed by atoms with Crippen LogP contribution in [0.4, 0.5) is 0 Å². The van der Waals surface area contributed by atoms with Crippen molar-refractivity contribution in [2.45, 2.75) is 19.8 Å². The van der Waals surface area contributed by atoms with Crippen LogP contribution in [0.2, 0.25) is 0 Å².